The standard InChI is InChI=1S/C29H29F2N3O/c30-27-13-12-24(17-28(27)31)29(35)34-19-25(14-15-33-26-6-1-2-7-26)22-10-8-21(9-11-22)23-5-3-4-20(16-23)18-32/h3-5,8-13,16-17,25-26,33H,1-2,6-7,14-15,19H2,(H,34,35). The van der Waals surface area contributed by atoms with Crippen molar-refractivity contribution in [3.8, 4) is 17.2 Å². The van der Waals surface area contributed by atoms with E-state index in [4.69, 9.17) is 0 Å². The molecule has 0 heterocycles. The monoisotopic (exact) mass is 473 g/mol. The van der Waals surface area contributed by atoms with E-state index in [1.54, 1.807) is 6.07 Å². The van der Waals surface area contributed by atoms with Crippen LogP contribution in [0.1, 0.15) is 59.5 Å². The SMILES string of the molecule is N#Cc1cccc(-c2ccc(C(CCNC3CCCC3)CNC(=O)c3ccc(F)c(F)c3)cc2)c1. The Morgan fingerprint density at radius 2 is 1.74 bits per heavy atom. The van der Waals surface area contributed by atoms with E-state index in [-0.39, 0.29) is 11.5 Å². The van der Waals surface area contributed by atoms with Crippen molar-refractivity contribution in [1.29, 1.82) is 5.26 Å². The molecule has 0 spiro atoms. The van der Waals surface area contributed by atoms with Crippen LogP contribution in [-0.4, -0.2) is 25.0 Å². The van der Waals surface area contributed by atoms with E-state index in [9.17, 15) is 18.8 Å². The zero-order valence-corrected chi connectivity index (χ0v) is 19.6. The van der Waals surface area contributed by atoms with Gasteiger partial charge in [-0.05, 0) is 72.8 Å². The first-order chi connectivity index (χ1) is 17.0. The van der Waals surface area contributed by atoms with Crippen LogP contribution in [-0.2, 0) is 0 Å². The third kappa shape index (κ3) is 6.52. The second-order valence-corrected chi connectivity index (χ2v) is 9.07. The molecule has 1 saturated carbocycles. The highest BCUT2D eigenvalue weighted by Crippen LogP contribution is 2.26. The molecular formula is C29H29F2N3O. The lowest BCUT2D eigenvalue weighted by Gasteiger charge is -2.20. The van der Waals surface area contributed by atoms with Gasteiger partial charge in [0, 0.05) is 24.1 Å². The number of rotatable bonds is 9. The molecule has 1 amide bonds. The van der Waals surface area contributed by atoms with Crippen molar-refractivity contribution in [1.82, 2.24) is 10.6 Å². The fraction of sp³-hybridized carbons (Fsp3) is 0.310. The van der Waals surface area contributed by atoms with Crippen LogP contribution in [0.25, 0.3) is 11.1 Å². The summed E-state index contributed by atoms with van der Waals surface area (Å²) >= 11 is 0. The quantitative estimate of drug-likeness (QED) is 0.404. The van der Waals surface area contributed by atoms with Gasteiger partial charge in [0.25, 0.3) is 5.91 Å². The number of hydrogen-bond acceptors (Lipinski definition) is 3. The molecular weight excluding hydrogens is 444 g/mol. The molecule has 4 nitrogen and oxygen atoms in total. The second kappa shape index (κ2) is 11.7. The first kappa shape index (κ1) is 24.6. The third-order valence-corrected chi connectivity index (χ3v) is 6.68. The van der Waals surface area contributed by atoms with Gasteiger partial charge in [-0.1, -0.05) is 49.2 Å². The molecule has 180 valence electrons. The van der Waals surface area contributed by atoms with Crippen LogP contribution in [0.15, 0.2) is 66.7 Å². The number of carbonyl (C=O) groups is 1. The number of carbonyl (C=O) groups excluding carboxylic acids is 1. The van der Waals surface area contributed by atoms with E-state index < -0.39 is 17.5 Å². The molecule has 1 aliphatic rings. The zero-order chi connectivity index (χ0) is 24.6. The van der Waals surface area contributed by atoms with Gasteiger partial charge in [-0.15, -0.1) is 0 Å². The minimum atomic E-state index is -1.04. The van der Waals surface area contributed by atoms with Crippen molar-refractivity contribution >= 4 is 5.91 Å². The van der Waals surface area contributed by atoms with Crippen LogP contribution in [0.2, 0.25) is 0 Å². The van der Waals surface area contributed by atoms with Crippen LogP contribution in [0.5, 0.6) is 0 Å². The predicted molar refractivity (Wildman–Crippen MR) is 133 cm³/mol. The van der Waals surface area contributed by atoms with Gasteiger partial charge in [-0.2, -0.15) is 5.26 Å². The fourth-order valence-corrected chi connectivity index (χ4v) is 4.65. The van der Waals surface area contributed by atoms with E-state index in [2.05, 4.69) is 28.8 Å². The molecule has 2 N–H and O–H groups in total. The number of nitriles is 1. The van der Waals surface area contributed by atoms with Gasteiger partial charge in [0.1, 0.15) is 0 Å². The van der Waals surface area contributed by atoms with Crippen LogP contribution in [0.3, 0.4) is 0 Å². The Morgan fingerprint density at radius 1 is 0.971 bits per heavy atom. The number of hydrogen-bond donors (Lipinski definition) is 2. The molecule has 0 radical (unpaired) electrons. The molecule has 4 rings (SSSR count). The van der Waals surface area contributed by atoms with Gasteiger partial charge < -0.3 is 10.6 Å². The third-order valence-electron chi connectivity index (χ3n) is 6.68. The Bertz CT molecular complexity index is 1200. The smallest absolute Gasteiger partial charge is 0.251 e. The Hall–Kier alpha value is -3.56. The van der Waals surface area contributed by atoms with Crippen molar-refractivity contribution in [2.45, 2.75) is 44.1 Å². The van der Waals surface area contributed by atoms with E-state index in [1.807, 2.05) is 30.3 Å². The maximum Gasteiger partial charge on any atom is 0.251 e. The highest BCUT2D eigenvalue weighted by atomic mass is 19.2. The molecule has 0 saturated heterocycles. The molecule has 1 unspecified atom stereocenters. The molecule has 1 atom stereocenters. The van der Waals surface area contributed by atoms with Gasteiger partial charge in [-0.25, -0.2) is 8.78 Å². The van der Waals surface area contributed by atoms with Crippen molar-refractivity contribution < 1.29 is 13.6 Å². The Labute approximate surface area is 205 Å². The zero-order valence-electron chi connectivity index (χ0n) is 19.6. The largest absolute Gasteiger partial charge is 0.351 e. The first-order valence-electron chi connectivity index (χ1n) is 12.1. The maximum atomic E-state index is 13.6. The van der Waals surface area contributed by atoms with Crippen LogP contribution < -0.4 is 10.6 Å². The molecule has 3 aromatic rings. The maximum absolute atomic E-state index is 13.6. The molecule has 6 heteroatoms. The summed E-state index contributed by atoms with van der Waals surface area (Å²) in [4.78, 5) is 12.6. The van der Waals surface area contributed by atoms with Crippen LogP contribution >= 0.6 is 0 Å². The summed E-state index contributed by atoms with van der Waals surface area (Å²) in [6, 6.07) is 21.5. The number of nitrogens with one attached hydrogen (secondary N) is 2. The topological polar surface area (TPSA) is 64.9 Å². The predicted octanol–water partition coefficient (Wildman–Crippen LogP) is 5.94. The molecule has 0 bridgehead atoms. The minimum Gasteiger partial charge on any atom is -0.351 e. The molecule has 3 aromatic carbocycles. The van der Waals surface area contributed by atoms with E-state index in [0.717, 1.165) is 41.8 Å². The molecule has 35 heavy (non-hydrogen) atoms. The van der Waals surface area contributed by atoms with Crippen LogP contribution in [0.4, 0.5) is 8.78 Å². The van der Waals surface area contributed by atoms with Gasteiger partial charge in [-0.3, -0.25) is 4.79 Å². The second-order valence-electron chi connectivity index (χ2n) is 9.07. The Morgan fingerprint density at radius 3 is 2.46 bits per heavy atom. The lowest BCUT2D eigenvalue weighted by molar-refractivity contribution is 0.0950. The van der Waals surface area contributed by atoms with E-state index in [0.29, 0.717) is 18.2 Å². The van der Waals surface area contributed by atoms with E-state index in [1.165, 1.54) is 31.7 Å². The lowest BCUT2D eigenvalue weighted by Crippen LogP contribution is -2.32. The first-order valence-corrected chi connectivity index (χ1v) is 12.1. The van der Waals surface area contributed by atoms with Crippen molar-refractivity contribution in [2.24, 2.45) is 0 Å². The average Bonchev–Trinajstić information content (AvgIpc) is 3.41. The van der Waals surface area contributed by atoms with Gasteiger partial charge in [0.15, 0.2) is 11.6 Å². The highest BCUT2D eigenvalue weighted by molar-refractivity contribution is 5.94. The molecule has 1 aliphatic carbocycles. The summed E-state index contributed by atoms with van der Waals surface area (Å²) in [6.45, 7) is 1.22. The minimum absolute atomic E-state index is 0.0534. The van der Waals surface area contributed by atoms with Crippen molar-refractivity contribution in [2.75, 3.05) is 13.1 Å². The summed E-state index contributed by atoms with van der Waals surface area (Å²) in [5.74, 6) is -2.39. The number of amides is 1. The molecule has 1 fully saturated rings. The summed E-state index contributed by atoms with van der Waals surface area (Å²) < 4.78 is 26.8. The number of benzene rings is 3. The molecule has 0 aliphatic heterocycles. The van der Waals surface area contributed by atoms with Crippen molar-refractivity contribution in [3.05, 3.63) is 95.1 Å². The van der Waals surface area contributed by atoms with Gasteiger partial charge >= 0.3 is 0 Å². The fourth-order valence-electron chi connectivity index (χ4n) is 4.65. The highest BCUT2D eigenvalue weighted by Gasteiger charge is 2.18. The van der Waals surface area contributed by atoms with Crippen molar-refractivity contribution in [3.63, 3.8) is 0 Å². The Kier molecular flexibility index (Phi) is 8.23. The molecule has 0 aromatic heterocycles. The summed E-state index contributed by atoms with van der Waals surface area (Å²) in [5.41, 5.74) is 3.78. The summed E-state index contributed by atoms with van der Waals surface area (Å²) in [6.07, 6.45) is 5.76. The Balaban J connectivity index is 1.46. The van der Waals surface area contributed by atoms with Crippen LogP contribution in [0, 0.1) is 23.0 Å². The normalized spacial score (nSPS) is 14.4. The van der Waals surface area contributed by atoms with E-state index >= 15 is 0 Å². The lowest BCUT2D eigenvalue weighted by atomic mass is 9.93. The summed E-state index contributed by atoms with van der Waals surface area (Å²) in [5, 5.41) is 15.7. The van der Waals surface area contributed by atoms with Gasteiger partial charge in [0.05, 0.1) is 11.6 Å². The number of nitrogens with zero attached hydrogens (tertiary/aromatic N) is 1. The summed E-state index contributed by atoms with van der Waals surface area (Å²) in [7, 11) is 0. The average molecular weight is 474 g/mol. The number of halogens is 2. The van der Waals surface area contributed by atoms with Gasteiger partial charge in [0.2, 0.25) is 0 Å².